The highest BCUT2D eigenvalue weighted by Gasteiger charge is 2.54. The topological polar surface area (TPSA) is 101 Å². The van der Waals surface area contributed by atoms with Gasteiger partial charge in [-0.1, -0.05) is 26.2 Å². The van der Waals surface area contributed by atoms with Gasteiger partial charge in [-0.3, -0.25) is 14.3 Å². The van der Waals surface area contributed by atoms with Crippen LogP contribution in [0.3, 0.4) is 0 Å². The molecule has 2 N–H and O–H groups in total. The molecule has 2 atom stereocenters. The molecule has 0 radical (unpaired) electrons. The molecule has 2 saturated carbocycles. The van der Waals surface area contributed by atoms with E-state index in [1.165, 1.54) is 11.1 Å². The molecule has 2 amide bonds. The monoisotopic (exact) mass is 466 g/mol. The average Bonchev–Trinajstić information content (AvgIpc) is 3.41. The van der Waals surface area contributed by atoms with Crippen molar-refractivity contribution >= 4 is 23.3 Å². The van der Waals surface area contributed by atoms with Crippen molar-refractivity contribution in [2.75, 3.05) is 36.5 Å². The van der Waals surface area contributed by atoms with E-state index in [0.717, 1.165) is 44.5 Å². The Kier molecular flexibility index (Phi) is 6.29. The lowest BCUT2D eigenvalue weighted by atomic mass is 9.66. The van der Waals surface area contributed by atoms with Crippen LogP contribution in [-0.2, 0) is 16.6 Å². The lowest BCUT2D eigenvalue weighted by molar-refractivity contribution is -0.121. The predicted octanol–water partition coefficient (Wildman–Crippen LogP) is 2.61. The van der Waals surface area contributed by atoms with Gasteiger partial charge < -0.3 is 20.3 Å². The van der Waals surface area contributed by atoms with E-state index >= 15 is 0 Å². The third-order valence-electron chi connectivity index (χ3n) is 7.86. The van der Waals surface area contributed by atoms with Gasteiger partial charge in [0.1, 0.15) is 17.6 Å². The summed E-state index contributed by atoms with van der Waals surface area (Å²) >= 11 is 0. The summed E-state index contributed by atoms with van der Waals surface area (Å²) < 4.78 is 6.95. The number of hydrogen-bond acceptors (Lipinski definition) is 6. The van der Waals surface area contributed by atoms with Crippen LogP contribution >= 0.6 is 0 Å². The van der Waals surface area contributed by atoms with E-state index in [2.05, 4.69) is 32.5 Å². The molecule has 34 heavy (non-hydrogen) atoms. The van der Waals surface area contributed by atoms with E-state index in [9.17, 15) is 9.59 Å². The Morgan fingerprint density at radius 1 is 1.18 bits per heavy atom. The molecule has 182 valence electrons. The first-order valence-corrected chi connectivity index (χ1v) is 12.3. The summed E-state index contributed by atoms with van der Waals surface area (Å²) in [5.74, 6) is 0.574. The van der Waals surface area contributed by atoms with Crippen LogP contribution in [0.1, 0.15) is 49.5 Å². The van der Waals surface area contributed by atoms with Gasteiger partial charge in [-0.25, -0.2) is 4.98 Å². The Labute approximate surface area is 200 Å². The molecule has 0 bridgehead atoms. The quantitative estimate of drug-likeness (QED) is 0.620. The first-order chi connectivity index (χ1) is 16.4. The number of morpholine rings is 1. The molecule has 3 heterocycles. The number of anilines is 2. The number of hydrogen-bond donors (Lipinski definition) is 2. The summed E-state index contributed by atoms with van der Waals surface area (Å²) in [6.07, 6.45) is 8.96. The molecule has 3 aliphatic rings. The number of aryl methyl sites for hydroxylation is 1. The second-order valence-corrected chi connectivity index (χ2v) is 10.2. The average molecular weight is 467 g/mol. The molecule has 2 aromatic heterocycles. The van der Waals surface area contributed by atoms with Crippen LogP contribution in [0.15, 0.2) is 30.6 Å². The van der Waals surface area contributed by atoms with Crippen molar-refractivity contribution in [3.8, 4) is 0 Å². The van der Waals surface area contributed by atoms with Gasteiger partial charge in [0.2, 0.25) is 5.91 Å². The second kappa shape index (κ2) is 9.37. The van der Waals surface area contributed by atoms with Gasteiger partial charge in [-0.05, 0) is 48.3 Å². The maximum absolute atomic E-state index is 13.6. The summed E-state index contributed by atoms with van der Waals surface area (Å²) in [5, 5.41) is 10.2. The van der Waals surface area contributed by atoms with Crippen molar-refractivity contribution in [3.63, 3.8) is 0 Å². The molecule has 1 unspecified atom stereocenters. The van der Waals surface area contributed by atoms with Gasteiger partial charge in [-0.15, -0.1) is 0 Å². The second-order valence-electron chi connectivity index (χ2n) is 10.2. The van der Waals surface area contributed by atoms with Crippen LogP contribution in [-0.4, -0.2) is 58.9 Å². The Balaban J connectivity index is 1.35. The van der Waals surface area contributed by atoms with Crippen molar-refractivity contribution < 1.29 is 14.3 Å². The van der Waals surface area contributed by atoms with E-state index in [-0.39, 0.29) is 23.1 Å². The Morgan fingerprint density at radius 2 is 1.94 bits per heavy atom. The summed E-state index contributed by atoms with van der Waals surface area (Å²) in [4.78, 5) is 33.5. The van der Waals surface area contributed by atoms with Crippen LogP contribution in [0.25, 0.3) is 0 Å². The van der Waals surface area contributed by atoms with Gasteiger partial charge in [0.25, 0.3) is 5.91 Å². The maximum atomic E-state index is 13.6. The number of amides is 2. The smallest absolute Gasteiger partial charge is 0.270 e. The summed E-state index contributed by atoms with van der Waals surface area (Å²) in [6.45, 7) is 5.33. The number of pyridine rings is 1. The number of carbonyl (C=O) groups excluding carboxylic acids is 2. The summed E-state index contributed by atoms with van der Waals surface area (Å²) in [6, 6.07) is 4.86. The fourth-order valence-corrected chi connectivity index (χ4v) is 5.38. The zero-order valence-corrected chi connectivity index (χ0v) is 20.0. The molecule has 9 nitrogen and oxygen atoms in total. The first-order valence-electron chi connectivity index (χ1n) is 12.3. The van der Waals surface area contributed by atoms with E-state index in [4.69, 9.17) is 4.74 Å². The Hall–Kier alpha value is -2.94. The predicted molar refractivity (Wildman–Crippen MR) is 129 cm³/mol. The van der Waals surface area contributed by atoms with Crippen molar-refractivity contribution in [1.82, 2.24) is 20.1 Å². The number of aromatic nitrogens is 3. The van der Waals surface area contributed by atoms with E-state index < -0.39 is 6.04 Å². The summed E-state index contributed by atoms with van der Waals surface area (Å²) in [7, 11) is 1.73. The van der Waals surface area contributed by atoms with Crippen molar-refractivity contribution in [1.29, 1.82) is 0 Å². The standard InChI is InChI=1S/C25H34N6O3/c1-25(9-10-25)21(17-4-3-5-17)22(29-23(32)19-8-11-27-30(19)2)24(33)28-20-7-6-18(16-26-20)31-12-14-34-15-13-31/h6-8,11,16-17,21-22H,3-5,9-10,12-15H2,1-2H3,(H,29,32)(H,26,28,33)/t21?,22-/m0/s1. The van der Waals surface area contributed by atoms with Gasteiger partial charge in [0.15, 0.2) is 0 Å². The van der Waals surface area contributed by atoms with E-state index in [0.29, 0.717) is 30.6 Å². The fourth-order valence-electron chi connectivity index (χ4n) is 5.38. The van der Waals surface area contributed by atoms with Gasteiger partial charge in [0, 0.05) is 26.3 Å². The number of nitrogens with one attached hydrogen (secondary N) is 2. The maximum Gasteiger partial charge on any atom is 0.270 e. The molecule has 5 rings (SSSR count). The highest BCUT2D eigenvalue weighted by atomic mass is 16.5. The third-order valence-corrected chi connectivity index (χ3v) is 7.86. The number of carbonyl (C=O) groups is 2. The Bertz CT molecular complexity index is 1020. The molecule has 1 aliphatic heterocycles. The third kappa shape index (κ3) is 4.66. The molecule has 2 aromatic rings. The number of nitrogens with zero attached hydrogens (tertiary/aromatic N) is 4. The SMILES string of the molecule is Cn1nccc1C(=O)N[C@H](C(=O)Nc1ccc(N2CCOCC2)cn1)C(C1CCC1)C1(C)CC1. The molecule has 0 aromatic carbocycles. The first kappa shape index (κ1) is 22.8. The zero-order valence-electron chi connectivity index (χ0n) is 20.0. The number of rotatable bonds is 8. The minimum Gasteiger partial charge on any atom is -0.378 e. The molecule has 3 fully saturated rings. The highest BCUT2D eigenvalue weighted by Crippen LogP contribution is 2.58. The molecule has 9 heteroatoms. The van der Waals surface area contributed by atoms with Crippen LogP contribution in [0.5, 0.6) is 0 Å². The normalized spacial score (nSPS) is 21.3. The van der Waals surface area contributed by atoms with Crippen LogP contribution < -0.4 is 15.5 Å². The van der Waals surface area contributed by atoms with Crippen molar-refractivity contribution in [2.45, 2.75) is 45.1 Å². The molecule has 2 aliphatic carbocycles. The molecule has 1 saturated heterocycles. The van der Waals surface area contributed by atoms with E-state index in [1.54, 1.807) is 25.5 Å². The number of ether oxygens (including phenoxy) is 1. The highest BCUT2D eigenvalue weighted by molar-refractivity contribution is 6.00. The Morgan fingerprint density at radius 3 is 2.50 bits per heavy atom. The van der Waals surface area contributed by atoms with Crippen LogP contribution in [0, 0.1) is 17.3 Å². The largest absolute Gasteiger partial charge is 0.378 e. The van der Waals surface area contributed by atoms with Crippen molar-refractivity contribution in [3.05, 3.63) is 36.3 Å². The molecular formula is C25H34N6O3. The van der Waals surface area contributed by atoms with Gasteiger partial charge >= 0.3 is 0 Å². The van der Waals surface area contributed by atoms with E-state index in [1.807, 2.05) is 12.1 Å². The van der Waals surface area contributed by atoms with Crippen LogP contribution in [0.4, 0.5) is 11.5 Å². The van der Waals surface area contributed by atoms with Crippen LogP contribution in [0.2, 0.25) is 0 Å². The lowest BCUT2D eigenvalue weighted by Gasteiger charge is -2.42. The summed E-state index contributed by atoms with van der Waals surface area (Å²) in [5.41, 5.74) is 1.54. The minimum atomic E-state index is -0.624. The van der Waals surface area contributed by atoms with Gasteiger partial charge in [0.05, 0.1) is 25.1 Å². The molecular weight excluding hydrogens is 432 g/mol. The van der Waals surface area contributed by atoms with Crippen molar-refractivity contribution in [2.24, 2.45) is 24.3 Å². The fraction of sp³-hybridized carbons (Fsp3) is 0.600. The van der Waals surface area contributed by atoms with Gasteiger partial charge in [-0.2, -0.15) is 5.10 Å². The zero-order chi connectivity index (χ0) is 23.7. The molecule has 0 spiro atoms. The minimum absolute atomic E-state index is 0.0838. The lowest BCUT2D eigenvalue weighted by Crippen LogP contribution is -2.54.